The number of hydrogen-bond donors (Lipinski definition) is 1. The van der Waals surface area contributed by atoms with Gasteiger partial charge < -0.3 is 5.32 Å². The van der Waals surface area contributed by atoms with Crippen LogP contribution in [0.5, 0.6) is 0 Å². The number of carbonyl (C=O) groups excluding carboxylic acids is 1. The highest BCUT2D eigenvalue weighted by Crippen LogP contribution is 2.23. The minimum atomic E-state index is -3.66. The molecule has 0 bridgehead atoms. The highest BCUT2D eigenvalue weighted by Gasteiger charge is 2.29. The fourth-order valence-corrected chi connectivity index (χ4v) is 4.03. The van der Waals surface area contributed by atoms with Crippen LogP contribution in [-0.2, 0) is 14.8 Å². The van der Waals surface area contributed by atoms with Crippen LogP contribution in [0.25, 0.3) is 0 Å². The molecule has 0 aromatic heterocycles. The normalized spacial score (nSPS) is 17.4. The minimum Gasteiger partial charge on any atom is -0.355 e. The Hall–Kier alpha value is -1.18. The molecule has 22 heavy (non-hydrogen) atoms. The van der Waals surface area contributed by atoms with Gasteiger partial charge in [0.05, 0.1) is 4.90 Å². The average molecular weight is 349 g/mol. The molecular formula is C14H18ClFN2O3S. The number of amides is 1. The van der Waals surface area contributed by atoms with Crippen molar-refractivity contribution >= 4 is 27.5 Å². The summed E-state index contributed by atoms with van der Waals surface area (Å²) in [4.78, 5) is 11.1. The number of nitrogens with one attached hydrogen (secondary N) is 1. The van der Waals surface area contributed by atoms with E-state index in [9.17, 15) is 17.6 Å². The van der Waals surface area contributed by atoms with E-state index in [0.29, 0.717) is 32.5 Å². The number of benzene rings is 1. The lowest BCUT2D eigenvalue weighted by Gasteiger charge is -2.31. The fraction of sp³-hybridized carbons (Fsp3) is 0.500. The highest BCUT2D eigenvalue weighted by molar-refractivity contribution is 7.89. The molecule has 1 fully saturated rings. The molecule has 1 N–H and O–H groups in total. The van der Waals surface area contributed by atoms with Gasteiger partial charge in [0.15, 0.2) is 0 Å². The van der Waals surface area contributed by atoms with Crippen LogP contribution in [0.2, 0.25) is 0 Å². The molecule has 0 radical (unpaired) electrons. The van der Waals surface area contributed by atoms with E-state index in [-0.39, 0.29) is 22.6 Å². The number of alkyl halides is 1. The number of hydrogen-bond acceptors (Lipinski definition) is 3. The first-order valence-electron chi connectivity index (χ1n) is 7.02. The van der Waals surface area contributed by atoms with Crippen LogP contribution in [0.3, 0.4) is 0 Å². The first kappa shape index (κ1) is 17.2. The van der Waals surface area contributed by atoms with Crippen LogP contribution in [-0.4, -0.2) is 44.1 Å². The molecule has 5 nitrogen and oxygen atoms in total. The number of piperidine rings is 1. The molecule has 1 saturated heterocycles. The van der Waals surface area contributed by atoms with Crippen LogP contribution in [0, 0.1) is 11.7 Å². The van der Waals surface area contributed by atoms with E-state index in [1.165, 1.54) is 22.5 Å². The summed E-state index contributed by atoms with van der Waals surface area (Å²) in [6, 6.07) is 5.02. The Morgan fingerprint density at radius 2 is 2.05 bits per heavy atom. The second-order valence-corrected chi connectivity index (χ2v) is 7.45. The van der Waals surface area contributed by atoms with Gasteiger partial charge in [0.1, 0.15) is 11.7 Å². The van der Waals surface area contributed by atoms with E-state index in [1.54, 1.807) is 0 Å². The summed E-state index contributed by atoms with van der Waals surface area (Å²) in [7, 11) is -3.66. The van der Waals surface area contributed by atoms with E-state index in [2.05, 4.69) is 5.32 Å². The maximum Gasteiger partial charge on any atom is 0.243 e. The summed E-state index contributed by atoms with van der Waals surface area (Å²) in [6.07, 6.45) is 1.30. The molecule has 122 valence electrons. The molecule has 1 aromatic rings. The summed E-state index contributed by atoms with van der Waals surface area (Å²) < 4.78 is 39.4. The van der Waals surface area contributed by atoms with E-state index in [1.807, 2.05) is 0 Å². The molecule has 1 aromatic carbocycles. The Bertz CT molecular complexity index is 631. The predicted molar refractivity (Wildman–Crippen MR) is 81.6 cm³/mol. The predicted octanol–water partition coefficient (Wildman–Crippen LogP) is 1.58. The van der Waals surface area contributed by atoms with Crippen LogP contribution in [0.1, 0.15) is 12.8 Å². The zero-order valence-corrected chi connectivity index (χ0v) is 13.5. The molecule has 1 aliphatic rings. The second-order valence-electron chi connectivity index (χ2n) is 5.24. The van der Waals surface area contributed by atoms with Crippen LogP contribution in [0.4, 0.5) is 4.39 Å². The lowest BCUT2D eigenvalue weighted by Crippen LogP contribution is -2.41. The van der Waals surface area contributed by atoms with E-state index in [0.717, 1.165) is 6.07 Å². The third-order valence-electron chi connectivity index (χ3n) is 3.72. The monoisotopic (exact) mass is 348 g/mol. The van der Waals surface area contributed by atoms with Crippen molar-refractivity contribution in [1.29, 1.82) is 0 Å². The summed E-state index contributed by atoms with van der Waals surface area (Å²) in [5.74, 6) is -0.644. The third kappa shape index (κ3) is 4.18. The number of rotatable bonds is 5. The summed E-state index contributed by atoms with van der Waals surface area (Å²) in [6.45, 7) is 1.22. The largest absolute Gasteiger partial charge is 0.355 e. The lowest BCUT2D eigenvalue weighted by atomic mass is 9.98. The topological polar surface area (TPSA) is 66.5 Å². The average Bonchev–Trinajstić information content (AvgIpc) is 2.53. The number of halogens is 2. The second kappa shape index (κ2) is 7.39. The summed E-state index contributed by atoms with van der Waals surface area (Å²) >= 11 is 5.40. The molecule has 0 aliphatic carbocycles. The van der Waals surface area contributed by atoms with Crippen molar-refractivity contribution in [3.8, 4) is 0 Å². The van der Waals surface area contributed by atoms with Gasteiger partial charge in [0.25, 0.3) is 0 Å². The van der Waals surface area contributed by atoms with Gasteiger partial charge in [-0.05, 0) is 37.0 Å². The quantitative estimate of drug-likeness (QED) is 0.822. The van der Waals surface area contributed by atoms with Gasteiger partial charge in [0.2, 0.25) is 15.9 Å². The minimum absolute atomic E-state index is 0.0265. The fourth-order valence-electron chi connectivity index (χ4n) is 2.44. The zero-order valence-electron chi connectivity index (χ0n) is 12.0. The molecule has 1 amide bonds. The Morgan fingerprint density at radius 3 is 2.64 bits per heavy atom. The van der Waals surface area contributed by atoms with Gasteiger partial charge in [-0.15, -0.1) is 11.6 Å². The Kier molecular flexibility index (Phi) is 5.77. The molecule has 2 rings (SSSR count). The molecule has 0 unspecified atom stereocenters. The smallest absolute Gasteiger partial charge is 0.243 e. The van der Waals surface area contributed by atoms with Crippen molar-refractivity contribution in [3.63, 3.8) is 0 Å². The highest BCUT2D eigenvalue weighted by atomic mass is 35.5. The Morgan fingerprint density at radius 1 is 1.36 bits per heavy atom. The van der Waals surface area contributed by atoms with Crippen LogP contribution >= 0.6 is 11.6 Å². The Labute approximate surface area is 134 Å². The van der Waals surface area contributed by atoms with Gasteiger partial charge in [0, 0.05) is 19.6 Å². The van der Waals surface area contributed by atoms with Gasteiger partial charge in [-0.2, -0.15) is 4.31 Å². The molecule has 1 heterocycles. The van der Waals surface area contributed by atoms with E-state index >= 15 is 0 Å². The SMILES string of the molecule is O=C(CCl)NCC1CCN(S(=O)(=O)c2cccc(F)c2)CC1. The van der Waals surface area contributed by atoms with Gasteiger partial charge in [-0.3, -0.25) is 4.79 Å². The zero-order chi connectivity index (χ0) is 16.2. The van der Waals surface area contributed by atoms with Crippen molar-refractivity contribution in [2.45, 2.75) is 17.7 Å². The van der Waals surface area contributed by atoms with Crippen LogP contribution < -0.4 is 5.32 Å². The van der Waals surface area contributed by atoms with Crippen molar-refractivity contribution < 1.29 is 17.6 Å². The number of nitrogens with zero attached hydrogens (tertiary/aromatic N) is 1. The molecule has 0 spiro atoms. The van der Waals surface area contributed by atoms with Crippen LogP contribution in [0.15, 0.2) is 29.2 Å². The third-order valence-corrected chi connectivity index (χ3v) is 5.85. The maximum absolute atomic E-state index is 13.2. The number of sulfonamides is 1. The first-order chi connectivity index (χ1) is 10.4. The van der Waals surface area contributed by atoms with Crippen molar-refractivity contribution in [2.75, 3.05) is 25.5 Å². The summed E-state index contributed by atoms with van der Waals surface area (Å²) in [5, 5.41) is 2.71. The number of carbonyl (C=O) groups is 1. The molecule has 8 heteroatoms. The van der Waals surface area contributed by atoms with E-state index in [4.69, 9.17) is 11.6 Å². The van der Waals surface area contributed by atoms with Crippen molar-refractivity contribution in [1.82, 2.24) is 9.62 Å². The molecular weight excluding hydrogens is 331 g/mol. The maximum atomic E-state index is 13.2. The lowest BCUT2D eigenvalue weighted by molar-refractivity contribution is -0.118. The van der Waals surface area contributed by atoms with E-state index < -0.39 is 15.8 Å². The molecule has 0 saturated carbocycles. The van der Waals surface area contributed by atoms with Crippen molar-refractivity contribution in [2.24, 2.45) is 5.92 Å². The Balaban J connectivity index is 1.95. The van der Waals surface area contributed by atoms with Crippen molar-refractivity contribution in [3.05, 3.63) is 30.1 Å². The van der Waals surface area contributed by atoms with Gasteiger partial charge in [-0.1, -0.05) is 6.07 Å². The first-order valence-corrected chi connectivity index (χ1v) is 8.99. The summed E-state index contributed by atoms with van der Waals surface area (Å²) in [5.41, 5.74) is 0. The van der Waals surface area contributed by atoms with Gasteiger partial charge >= 0.3 is 0 Å². The molecule has 0 atom stereocenters. The standard InChI is InChI=1S/C14H18ClFN2O3S/c15-9-14(19)17-10-11-4-6-18(7-5-11)22(20,21)13-3-1-2-12(16)8-13/h1-3,8,11H,4-7,9-10H2,(H,17,19). The molecule has 1 aliphatic heterocycles. The van der Waals surface area contributed by atoms with Gasteiger partial charge in [-0.25, -0.2) is 12.8 Å².